The second kappa shape index (κ2) is 42.8. The number of anilines is 4. The number of likely N-dealkylation sites (tertiary alicyclic amines) is 2. The summed E-state index contributed by atoms with van der Waals surface area (Å²) in [6.07, 6.45) is 10.3. The predicted molar refractivity (Wildman–Crippen MR) is 542 cm³/mol. The predicted octanol–water partition coefficient (Wildman–Crippen LogP) is 16.7. The second-order valence-corrected chi connectivity index (χ2v) is 47.4. The van der Waals surface area contributed by atoms with Crippen LogP contribution in [0, 0.1) is 40.5 Å². The summed E-state index contributed by atoms with van der Waals surface area (Å²) in [4.78, 5) is 4.76. The number of phenols is 5. The van der Waals surface area contributed by atoms with E-state index in [1.165, 1.54) is 106 Å². The van der Waals surface area contributed by atoms with Crippen LogP contribution in [0.5, 0.6) is 28.7 Å². The molecule has 139 heavy (non-hydrogen) atoms. The number of piperidine rings is 2. The molecule has 0 aromatic heterocycles. The molecule has 8 aliphatic rings. The van der Waals surface area contributed by atoms with E-state index >= 15 is 0 Å². The number of sulfonamides is 5. The number of rotatable bonds is 21. The normalized spacial score (nSPS) is 17.8. The van der Waals surface area contributed by atoms with Crippen LogP contribution in [0.25, 0.3) is 0 Å². The zero-order valence-corrected chi connectivity index (χ0v) is 83.4. The molecule has 1 saturated carbocycles. The van der Waals surface area contributed by atoms with E-state index in [2.05, 4.69) is 129 Å². The molecule has 732 valence electrons. The number of hydrogen-bond acceptors (Lipinski definition) is 21. The maximum atomic E-state index is 13.1. The topological polar surface area (TPSA) is 384 Å². The lowest BCUT2D eigenvalue weighted by atomic mass is 9.82. The highest BCUT2D eigenvalue weighted by molar-refractivity contribution is 7.90. The minimum atomic E-state index is -3.77. The Morgan fingerprint density at radius 2 is 0.576 bits per heavy atom. The SMILES string of the molecule is CCN1CCC(Nc2ccc3c(c2)CN(S(=O)(=O)c2ccc(C)cc2O)C3)CC1.Cc1ccc(S(=O)(=O)N2Cc3ccc(N)cc3C2)c(O)c1.Cc1ccc(S(=O)(=O)N2Cc3ccc(NC4CCC(Cc5ccccc5)CC4)cc3C2)c(O)c1.Cc1ccc(S(=O)(=O)N2Cc3ccc(NC4CCN(Cc5ccccc5)CC4)cc3C2)c(O)c1.Cc1ccc(S(=O)(=O)N2Cc3ccc([NH3+])cc3C2)c(O)c1. The molecule has 1 aliphatic carbocycles. The van der Waals surface area contributed by atoms with Crippen LogP contribution in [0.3, 0.4) is 0 Å². The Morgan fingerprint density at radius 1 is 0.302 bits per heavy atom. The lowest BCUT2D eigenvalue weighted by Gasteiger charge is -2.33. The van der Waals surface area contributed by atoms with Gasteiger partial charge in [0.1, 0.15) is 58.9 Å². The first-order valence-electron chi connectivity index (χ1n) is 47.4. The fourth-order valence-electron chi connectivity index (χ4n) is 19.6. The van der Waals surface area contributed by atoms with E-state index in [1.54, 1.807) is 56.3 Å². The molecule has 0 spiro atoms. The maximum Gasteiger partial charge on any atom is 0.247 e. The first-order valence-corrected chi connectivity index (χ1v) is 54.6. The van der Waals surface area contributed by atoms with Crippen LogP contribution in [0.2, 0.25) is 0 Å². The minimum Gasteiger partial charge on any atom is -0.507 e. The number of hydrogen-bond donors (Lipinski definition) is 10. The quantitative estimate of drug-likeness (QED) is 0.0299. The molecule has 27 nitrogen and oxygen atoms in total. The molecule has 7 heterocycles. The molecule has 20 rings (SSSR count). The second-order valence-electron chi connectivity index (χ2n) is 37.9. The largest absolute Gasteiger partial charge is 0.507 e. The van der Waals surface area contributed by atoms with E-state index < -0.39 is 50.1 Å². The van der Waals surface area contributed by atoms with E-state index in [0.29, 0.717) is 82.7 Å². The van der Waals surface area contributed by atoms with Gasteiger partial charge in [0.2, 0.25) is 50.1 Å². The van der Waals surface area contributed by atoms with Crippen LogP contribution in [-0.4, -0.2) is 150 Å². The van der Waals surface area contributed by atoms with Gasteiger partial charge in [0.25, 0.3) is 0 Å². The number of phenolic OH excluding ortho intramolecular Hbond substituents is 5. The van der Waals surface area contributed by atoms with Gasteiger partial charge in [-0.05, 0) is 315 Å². The molecule has 32 heteroatoms. The Labute approximate surface area is 817 Å². The van der Waals surface area contributed by atoms with Crippen molar-refractivity contribution in [3.8, 4) is 28.7 Å². The molecule has 0 amide bonds. The van der Waals surface area contributed by atoms with Crippen LogP contribution in [0.15, 0.2) is 267 Å². The van der Waals surface area contributed by atoms with Crippen LogP contribution < -0.4 is 27.4 Å². The van der Waals surface area contributed by atoms with Crippen LogP contribution >= 0.6 is 0 Å². The fraction of sp³-hybridized carbons (Fsp3) is 0.327. The lowest BCUT2D eigenvalue weighted by molar-refractivity contribution is -0.254. The average Bonchev–Trinajstić information content (AvgIpc) is 1.67. The Morgan fingerprint density at radius 3 is 0.892 bits per heavy atom. The summed E-state index contributed by atoms with van der Waals surface area (Å²) in [6, 6.07) is 75.5. The van der Waals surface area contributed by atoms with Crippen molar-refractivity contribution >= 4 is 78.6 Å². The highest BCUT2D eigenvalue weighted by Gasteiger charge is 2.40. The molecule has 12 aromatic carbocycles. The fourth-order valence-corrected chi connectivity index (χ4v) is 26.9. The Balaban J connectivity index is 0.000000127. The third-order valence-electron chi connectivity index (χ3n) is 27.4. The summed E-state index contributed by atoms with van der Waals surface area (Å²) in [7, 11) is -18.7. The summed E-state index contributed by atoms with van der Waals surface area (Å²) in [5.74, 6) is -0.258. The summed E-state index contributed by atoms with van der Waals surface area (Å²) in [6.45, 7) is 20.9. The van der Waals surface area contributed by atoms with Gasteiger partial charge in [0.05, 0.1) is 0 Å². The number of benzene rings is 12. The number of aryl methyl sites for hydroxylation is 5. The number of nitrogens with zero attached hydrogens (tertiary/aromatic N) is 7. The summed E-state index contributed by atoms with van der Waals surface area (Å²) >= 11 is 0. The summed E-state index contributed by atoms with van der Waals surface area (Å²) in [5, 5.41) is 61.4. The number of quaternary nitrogens is 1. The number of aromatic hydroxyl groups is 5. The van der Waals surface area contributed by atoms with Crippen molar-refractivity contribution in [1.29, 1.82) is 0 Å². The van der Waals surface area contributed by atoms with Gasteiger partial charge in [-0.3, -0.25) is 4.90 Å². The molecule has 0 atom stereocenters. The van der Waals surface area contributed by atoms with Gasteiger partial charge in [-0.1, -0.05) is 128 Å². The van der Waals surface area contributed by atoms with Gasteiger partial charge < -0.3 is 57.9 Å². The Hall–Kier alpha value is -11.7. The van der Waals surface area contributed by atoms with Gasteiger partial charge in [-0.15, -0.1) is 0 Å². The molecule has 3 fully saturated rings. The summed E-state index contributed by atoms with van der Waals surface area (Å²) in [5.41, 5.74) is 31.0. The number of nitrogens with one attached hydrogen (secondary N) is 3. The monoisotopic (exact) mass is 1980 g/mol. The molecule has 12 aromatic rings. The van der Waals surface area contributed by atoms with Crippen molar-refractivity contribution in [2.45, 2.75) is 214 Å². The van der Waals surface area contributed by atoms with Crippen molar-refractivity contribution in [1.82, 2.24) is 31.3 Å². The van der Waals surface area contributed by atoms with Crippen molar-refractivity contribution in [3.05, 3.63) is 337 Å². The van der Waals surface area contributed by atoms with Crippen molar-refractivity contribution in [3.63, 3.8) is 0 Å². The first-order chi connectivity index (χ1) is 66.4. The standard InChI is InChI=1S/C28H32N2O3S.C27H31N3O3S.C22H29N3O3S.2C15H16N2O3S/c1-20-7-14-28(27(31)15-20)34(32,33)30-18-23-10-13-26(17-24(23)19-30)29-25-11-8-22(9-12-25)16-21-5-3-2-4-6-21;1-20-7-10-27(26(31)15-20)34(32,33)30-18-22-8-9-25(16-23(22)19-30)28-24-11-13-29(14-12-24)17-21-5-3-2-4-6-21;1-3-24-10-8-19(9-11-24)23-20-6-5-17-14-25(15-18(17)13-20)29(27,28)22-7-4-16(2)12-21(22)26;2*1-10-2-5-15(14(18)6-10)21(19,20)17-8-11-3-4-13(16)7-12(11)9-17/h2-7,10,13-15,17,22,25,29,31H,8-9,11-12,16,18-19H2,1H3;2-10,15-16,24,28,31H,11-14,17-19H2,1H3;4-7,12-13,19,23,26H,3,8-11,14-15H2,1-2H3;2*2-7,18H,8-9,16H2,1H3/p+1. The third-order valence-corrected chi connectivity index (χ3v) is 36.6. The van der Waals surface area contributed by atoms with Gasteiger partial charge in [-0.2, -0.15) is 21.5 Å². The number of nitrogens with two attached hydrogens (primary N) is 1. The van der Waals surface area contributed by atoms with Crippen LogP contribution in [0.4, 0.5) is 28.4 Å². The van der Waals surface area contributed by atoms with E-state index in [9.17, 15) is 67.6 Å². The van der Waals surface area contributed by atoms with E-state index in [4.69, 9.17) is 5.73 Å². The summed E-state index contributed by atoms with van der Waals surface area (Å²) < 4.78 is 136. The number of nitrogen functional groups attached to an aromatic ring is 1. The molecule has 0 bridgehead atoms. The zero-order valence-electron chi connectivity index (χ0n) is 79.4. The molecular weight excluding hydrogens is 1850 g/mol. The lowest BCUT2D eigenvalue weighted by Crippen LogP contribution is -2.40. The molecule has 0 radical (unpaired) electrons. The molecular formula is C107H125N12O15S5+. The highest BCUT2D eigenvalue weighted by atomic mass is 32.2. The van der Waals surface area contributed by atoms with E-state index in [1.807, 2.05) is 69.3 Å². The van der Waals surface area contributed by atoms with Gasteiger partial charge >= 0.3 is 0 Å². The molecule has 2 saturated heterocycles. The minimum absolute atomic E-state index is 0.0306. The average molecular weight is 1980 g/mol. The first kappa shape index (κ1) is 100. The van der Waals surface area contributed by atoms with Crippen LogP contribution in [0.1, 0.15) is 153 Å². The van der Waals surface area contributed by atoms with Gasteiger partial charge in [0.15, 0.2) is 0 Å². The maximum absolute atomic E-state index is 13.1. The Kier molecular flexibility index (Phi) is 30.8. The van der Waals surface area contributed by atoms with E-state index in [-0.39, 0.29) is 59.8 Å². The molecule has 13 N–H and O–H groups in total. The van der Waals surface area contributed by atoms with Gasteiger partial charge in [-0.25, -0.2) is 42.1 Å². The van der Waals surface area contributed by atoms with Crippen molar-refractivity contribution in [2.75, 3.05) is 54.4 Å². The third kappa shape index (κ3) is 23.8. The Bertz CT molecular complexity index is 6770. The van der Waals surface area contributed by atoms with Crippen molar-refractivity contribution < 1.29 is 73.4 Å². The van der Waals surface area contributed by atoms with E-state index in [0.717, 1.165) is 196 Å². The molecule has 7 aliphatic heterocycles. The highest BCUT2D eigenvalue weighted by Crippen LogP contribution is 2.42. The molecule has 0 unspecified atom stereocenters. The zero-order chi connectivity index (χ0) is 98.4. The number of fused-ring (bicyclic) bond motifs is 5. The van der Waals surface area contributed by atoms with Crippen molar-refractivity contribution in [2.24, 2.45) is 5.92 Å². The smallest absolute Gasteiger partial charge is 0.247 e. The van der Waals surface area contributed by atoms with Crippen LogP contribution in [-0.2, 0) is 129 Å². The van der Waals surface area contributed by atoms with Gasteiger partial charge in [0, 0.05) is 145 Å².